The first-order chi connectivity index (χ1) is 22.3. The molecule has 0 unspecified atom stereocenters. The van der Waals surface area contributed by atoms with Crippen LogP contribution in [-0.2, 0) is 0 Å². The fourth-order valence-electron chi connectivity index (χ4n) is 7.23. The highest BCUT2D eigenvalue weighted by Gasteiger charge is 2.18. The molecule has 0 N–H and O–H groups in total. The minimum absolute atomic E-state index is 0.917. The summed E-state index contributed by atoms with van der Waals surface area (Å²) < 4.78 is 6.50. The zero-order chi connectivity index (χ0) is 29.5. The molecule has 45 heavy (non-hydrogen) atoms. The number of benzene rings is 7. The van der Waals surface area contributed by atoms with Gasteiger partial charge in [-0.1, -0.05) is 109 Å². The van der Waals surface area contributed by atoms with Crippen molar-refractivity contribution in [3.05, 3.63) is 146 Å². The number of para-hydroxylation sites is 1. The molecule has 0 fully saturated rings. The smallest absolute Gasteiger partial charge is 0.143 e. The van der Waals surface area contributed by atoms with Crippen LogP contribution in [0.15, 0.2) is 150 Å². The van der Waals surface area contributed by atoms with Gasteiger partial charge in [0.1, 0.15) is 11.2 Å². The molecule has 208 valence electrons. The third-order valence-electron chi connectivity index (χ3n) is 9.29. The molecule has 3 aromatic heterocycles. The summed E-state index contributed by atoms with van der Waals surface area (Å²) in [6, 6.07) is 49.5. The van der Waals surface area contributed by atoms with Crippen LogP contribution in [0.3, 0.4) is 0 Å². The van der Waals surface area contributed by atoms with Crippen molar-refractivity contribution in [1.82, 2.24) is 9.97 Å². The largest absolute Gasteiger partial charge is 0.455 e. The van der Waals surface area contributed by atoms with E-state index < -0.39 is 0 Å². The average Bonchev–Trinajstić information content (AvgIpc) is 3.49. The number of fused-ring (bicyclic) bond motifs is 11. The van der Waals surface area contributed by atoms with Crippen LogP contribution in [0, 0.1) is 0 Å². The SMILES string of the molecule is c1cnc2c(c1)ccc1ccc(-c3ccc(-c4cc5ccc6c7ccccc7oc6c5c5ccccc45)c4ccccc34)nc12. The van der Waals surface area contributed by atoms with E-state index in [1.165, 1.54) is 38.1 Å². The van der Waals surface area contributed by atoms with Crippen LogP contribution in [0.2, 0.25) is 0 Å². The van der Waals surface area contributed by atoms with Crippen molar-refractivity contribution < 1.29 is 4.42 Å². The van der Waals surface area contributed by atoms with E-state index in [1.807, 2.05) is 18.3 Å². The van der Waals surface area contributed by atoms with Crippen LogP contribution in [0.4, 0.5) is 0 Å². The quantitative estimate of drug-likeness (QED) is 0.193. The van der Waals surface area contributed by atoms with Gasteiger partial charge in [0.2, 0.25) is 0 Å². The second-order valence-electron chi connectivity index (χ2n) is 11.7. The molecule has 0 spiro atoms. The van der Waals surface area contributed by atoms with Gasteiger partial charge in [-0.2, -0.15) is 0 Å². The Morgan fingerprint density at radius 2 is 1.07 bits per heavy atom. The molecule has 7 aromatic carbocycles. The first-order valence-electron chi connectivity index (χ1n) is 15.2. The number of pyridine rings is 2. The molecule has 3 heterocycles. The van der Waals surface area contributed by atoms with E-state index in [9.17, 15) is 0 Å². The molecule has 0 saturated carbocycles. The maximum atomic E-state index is 6.50. The highest BCUT2D eigenvalue weighted by molar-refractivity contribution is 6.26. The molecule has 0 aliphatic rings. The molecule has 3 nitrogen and oxygen atoms in total. The Morgan fingerprint density at radius 3 is 1.91 bits per heavy atom. The molecule has 0 radical (unpaired) electrons. The maximum Gasteiger partial charge on any atom is 0.143 e. The zero-order valence-electron chi connectivity index (χ0n) is 24.2. The summed E-state index contributed by atoms with van der Waals surface area (Å²) in [5, 5.41) is 11.6. The summed E-state index contributed by atoms with van der Waals surface area (Å²) in [6.07, 6.45) is 1.84. The lowest BCUT2D eigenvalue weighted by atomic mass is 9.88. The number of hydrogen-bond donors (Lipinski definition) is 0. The lowest BCUT2D eigenvalue weighted by Crippen LogP contribution is -1.91. The van der Waals surface area contributed by atoms with E-state index in [4.69, 9.17) is 9.40 Å². The number of furan rings is 1. The van der Waals surface area contributed by atoms with Crippen molar-refractivity contribution >= 4 is 76.1 Å². The van der Waals surface area contributed by atoms with Gasteiger partial charge in [0.25, 0.3) is 0 Å². The first kappa shape index (κ1) is 24.4. The topological polar surface area (TPSA) is 38.9 Å². The van der Waals surface area contributed by atoms with Crippen molar-refractivity contribution in [1.29, 1.82) is 0 Å². The second-order valence-corrected chi connectivity index (χ2v) is 11.7. The summed E-state index contributed by atoms with van der Waals surface area (Å²) in [6.45, 7) is 0. The Hall–Kier alpha value is -6.06. The van der Waals surface area contributed by atoms with Gasteiger partial charge in [-0.25, -0.2) is 4.98 Å². The number of aromatic nitrogens is 2. The van der Waals surface area contributed by atoms with Gasteiger partial charge in [-0.15, -0.1) is 0 Å². The van der Waals surface area contributed by atoms with Crippen LogP contribution in [0.5, 0.6) is 0 Å². The van der Waals surface area contributed by atoms with Crippen molar-refractivity contribution in [2.75, 3.05) is 0 Å². The first-order valence-corrected chi connectivity index (χ1v) is 15.2. The minimum atomic E-state index is 0.917. The fourth-order valence-corrected chi connectivity index (χ4v) is 7.23. The Morgan fingerprint density at radius 1 is 0.422 bits per heavy atom. The number of rotatable bonds is 2. The molecular formula is C42H24N2O. The third kappa shape index (κ3) is 3.52. The molecular weight excluding hydrogens is 548 g/mol. The van der Waals surface area contributed by atoms with E-state index >= 15 is 0 Å². The average molecular weight is 573 g/mol. The number of hydrogen-bond acceptors (Lipinski definition) is 3. The summed E-state index contributed by atoms with van der Waals surface area (Å²) >= 11 is 0. The van der Waals surface area contributed by atoms with E-state index in [-0.39, 0.29) is 0 Å². The van der Waals surface area contributed by atoms with Crippen molar-refractivity contribution in [3.63, 3.8) is 0 Å². The van der Waals surface area contributed by atoms with Crippen molar-refractivity contribution in [2.24, 2.45) is 0 Å². The van der Waals surface area contributed by atoms with Gasteiger partial charge in [-0.05, 0) is 68.4 Å². The van der Waals surface area contributed by atoms with Crippen LogP contribution < -0.4 is 0 Å². The van der Waals surface area contributed by atoms with Gasteiger partial charge in [-0.3, -0.25) is 4.98 Å². The Balaban J connectivity index is 1.23. The van der Waals surface area contributed by atoms with Gasteiger partial charge in [0.05, 0.1) is 16.7 Å². The molecule has 0 amide bonds. The standard InChI is InChI=1S/C42H24N2O/c1-2-10-29-28(9-1)31(20-21-32(29)37-22-18-26-16-15-25-8-7-23-43-40(25)41(26)44-37)36-24-27-17-19-35-33-12-5-6-14-38(33)45-42(35)39(27)34-13-4-3-11-30(34)36/h1-24H. The van der Waals surface area contributed by atoms with Crippen LogP contribution in [0.25, 0.3) is 98.4 Å². The zero-order valence-corrected chi connectivity index (χ0v) is 24.2. The molecule has 10 aromatic rings. The molecule has 0 atom stereocenters. The second kappa shape index (κ2) is 9.22. The van der Waals surface area contributed by atoms with Gasteiger partial charge >= 0.3 is 0 Å². The van der Waals surface area contributed by atoms with E-state index in [2.05, 4.69) is 132 Å². The lowest BCUT2D eigenvalue weighted by molar-refractivity contribution is 0.673. The van der Waals surface area contributed by atoms with Crippen LogP contribution in [0.1, 0.15) is 0 Å². The van der Waals surface area contributed by atoms with E-state index in [0.29, 0.717) is 0 Å². The number of nitrogens with zero attached hydrogens (tertiary/aromatic N) is 2. The highest BCUT2D eigenvalue weighted by atomic mass is 16.3. The third-order valence-corrected chi connectivity index (χ3v) is 9.29. The predicted octanol–water partition coefficient (Wildman–Crippen LogP) is 11.5. The van der Waals surface area contributed by atoms with Crippen LogP contribution in [-0.4, -0.2) is 9.97 Å². The minimum Gasteiger partial charge on any atom is -0.455 e. The molecule has 0 aliphatic heterocycles. The summed E-state index contributed by atoms with van der Waals surface area (Å²) in [5.41, 5.74) is 8.18. The highest BCUT2D eigenvalue weighted by Crippen LogP contribution is 2.43. The molecule has 0 bridgehead atoms. The summed E-state index contributed by atoms with van der Waals surface area (Å²) in [4.78, 5) is 9.87. The molecule has 0 saturated heterocycles. The van der Waals surface area contributed by atoms with Crippen LogP contribution >= 0.6 is 0 Å². The van der Waals surface area contributed by atoms with Gasteiger partial charge < -0.3 is 4.42 Å². The van der Waals surface area contributed by atoms with Gasteiger partial charge in [0, 0.05) is 38.7 Å². The summed E-state index contributed by atoms with van der Waals surface area (Å²) in [7, 11) is 0. The molecule has 3 heteroatoms. The van der Waals surface area contributed by atoms with Gasteiger partial charge in [0.15, 0.2) is 0 Å². The normalized spacial score (nSPS) is 12.0. The fraction of sp³-hybridized carbons (Fsp3) is 0. The van der Waals surface area contributed by atoms with E-state index in [0.717, 1.165) is 60.4 Å². The lowest BCUT2D eigenvalue weighted by Gasteiger charge is -2.16. The monoisotopic (exact) mass is 572 g/mol. The Labute approximate surface area is 258 Å². The Bertz CT molecular complexity index is 2830. The maximum absolute atomic E-state index is 6.50. The van der Waals surface area contributed by atoms with Crippen molar-refractivity contribution in [3.8, 4) is 22.4 Å². The van der Waals surface area contributed by atoms with E-state index in [1.54, 1.807) is 0 Å². The van der Waals surface area contributed by atoms with Crippen molar-refractivity contribution in [2.45, 2.75) is 0 Å². The molecule has 10 rings (SSSR count). The Kier molecular flexibility index (Phi) is 5.00. The predicted molar refractivity (Wildman–Crippen MR) is 188 cm³/mol. The summed E-state index contributed by atoms with van der Waals surface area (Å²) in [5.74, 6) is 0. The molecule has 0 aliphatic carbocycles.